The molecule has 1 aromatic rings. The Hall–Kier alpha value is -0.630. The minimum absolute atomic E-state index is 0.245. The van der Waals surface area contributed by atoms with Crippen LogP contribution in [-0.2, 0) is 0 Å². The van der Waals surface area contributed by atoms with E-state index in [2.05, 4.69) is 9.97 Å². The molecule has 0 fully saturated rings. The summed E-state index contributed by atoms with van der Waals surface area (Å²) in [5, 5.41) is 0.499. The molecular formula is C5H3ClN2. The Morgan fingerprint density at radius 2 is 1.88 bits per heavy atom. The van der Waals surface area contributed by atoms with Gasteiger partial charge in [0, 0.05) is 19.3 Å². The molecule has 0 saturated heterocycles. The van der Waals surface area contributed by atoms with Crippen molar-refractivity contribution >= 4 is 11.6 Å². The molecule has 40 valence electrons. The molecule has 0 unspecified atom stereocenters. The predicted molar refractivity (Wildman–Crippen MR) is 30.4 cm³/mol. The second kappa shape index (κ2) is 2.09. The Kier molecular flexibility index (Phi) is 1.44. The summed E-state index contributed by atoms with van der Waals surface area (Å²) >= 11 is 5.43. The van der Waals surface area contributed by atoms with E-state index in [4.69, 9.17) is 18.5 Å². The van der Waals surface area contributed by atoms with E-state index in [1.165, 1.54) is 12.4 Å². The Balaban J connectivity index is 3.03. The van der Waals surface area contributed by atoms with E-state index < -0.39 is 0 Å². The van der Waals surface area contributed by atoms with Crippen molar-refractivity contribution in [2.75, 3.05) is 0 Å². The lowest BCUT2D eigenvalue weighted by Gasteiger charge is -1.86. The Bertz CT molecular complexity index is 149. The first-order valence-corrected chi connectivity index (χ1v) is 2.40. The van der Waals surface area contributed by atoms with Gasteiger partial charge in [-0.1, -0.05) is 11.6 Å². The molecule has 2 radical (unpaired) electrons. The van der Waals surface area contributed by atoms with Crippen LogP contribution in [0.1, 0.15) is 5.82 Å². The Morgan fingerprint density at radius 3 is 2.25 bits per heavy atom. The molecule has 2 nitrogen and oxygen atoms in total. The van der Waals surface area contributed by atoms with E-state index >= 15 is 0 Å². The number of halogens is 1. The third-order valence-electron chi connectivity index (χ3n) is 0.640. The molecule has 0 bridgehead atoms. The molecule has 1 heterocycles. The zero-order valence-electron chi connectivity index (χ0n) is 4.00. The lowest BCUT2D eigenvalue weighted by atomic mass is 10.6. The van der Waals surface area contributed by atoms with Crippen molar-refractivity contribution in [1.29, 1.82) is 0 Å². The second-order valence-corrected chi connectivity index (χ2v) is 1.70. The van der Waals surface area contributed by atoms with Crippen molar-refractivity contribution in [2.45, 2.75) is 0 Å². The molecule has 0 atom stereocenters. The highest BCUT2D eigenvalue weighted by Crippen LogP contribution is 2.00. The molecule has 0 saturated carbocycles. The molecule has 1 aromatic heterocycles. The van der Waals surface area contributed by atoms with Crippen LogP contribution in [0.4, 0.5) is 0 Å². The van der Waals surface area contributed by atoms with Crippen molar-refractivity contribution in [3.8, 4) is 0 Å². The molecule has 0 aromatic carbocycles. The summed E-state index contributed by atoms with van der Waals surface area (Å²) in [6.45, 7) is 5.15. The van der Waals surface area contributed by atoms with Gasteiger partial charge in [-0.05, 0) is 0 Å². The summed E-state index contributed by atoms with van der Waals surface area (Å²) in [6, 6.07) is 0. The first-order chi connectivity index (χ1) is 3.79. The quantitative estimate of drug-likeness (QED) is 0.522. The largest absolute Gasteiger partial charge is 0.239 e. The highest BCUT2D eigenvalue weighted by atomic mass is 35.5. The van der Waals surface area contributed by atoms with Gasteiger partial charge in [0.2, 0.25) is 0 Å². The van der Waals surface area contributed by atoms with Gasteiger partial charge >= 0.3 is 0 Å². The maximum Gasteiger partial charge on any atom is 0.132 e. The summed E-state index contributed by atoms with van der Waals surface area (Å²) in [5.74, 6) is 0.245. The fourth-order valence-electron chi connectivity index (χ4n) is 0.322. The van der Waals surface area contributed by atoms with Crippen molar-refractivity contribution in [2.24, 2.45) is 0 Å². The Labute approximate surface area is 52.5 Å². The third kappa shape index (κ3) is 1.17. The van der Waals surface area contributed by atoms with Crippen LogP contribution in [0.5, 0.6) is 0 Å². The maximum atomic E-state index is 5.43. The highest BCUT2D eigenvalue weighted by Gasteiger charge is 1.85. The van der Waals surface area contributed by atoms with Gasteiger partial charge in [0.25, 0.3) is 0 Å². The van der Waals surface area contributed by atoms with E-state index in [0.717, 1.165) is 0 Å². The van der Waals surface area contributed by atoms with Gasteiger partial charge in [-0.2, -0.15) is 0 Å². The van der Waals surface area contributed by atoms with Crippen LogP contribution in [0.3, 0.4) is 0 Å². The number of hydrogen-bond donors (Lipinski definition) is 0. The molecule has 1 rings (SSSR count). The minimum Gasteiger partial charge on any atom is -0.239 e. The monoisotopic (exact) mass is 126 g/mol. The molecule has 0 aliphatic carbocycles. The molecule has 0 amide bonds. The Morgan fingerprint density at radius 1 is 1.38 bits per heavy atom. The van der Waals surface area contributed by atoms with E-state index in [-0.39, 0.29) is 5.82 Å². The zero-order chi connectivity index (χ0) is 5.98. The lowest BCUT2D eigenvalue weighted by molar-refractivity contribution is 1.11. The molecule has 8 heavy (non-hydrogen) atoms. The molecule has 0 N–H and O–H groups in total. The van der Waals surface area contributed by atoms with Crippen molar-refractivity contribution in [3.05, 3.63) is 30.2 Å². The van der Waals surface area contributed by atoms with Crippen LogP contribution in [-0.4, -0.2) is 9.97 Å². The van der Waals surface area contributed by atoms with Crippen molar-refractivity contribution in [1.82, 2.24) is 9.97 Å². The summed E-state index contributed by atoms with van der Waals surface area (Å²) < 4.78 is 0. The predicted octanol–water partition coefficient (Wildman–Crippen LogP) is 1.19. The second-order valence-electron chi connectivity index (χ2n) is 1.26. The number of rotatable bonds is 0. The van der Waals surface area contributed by atoms with Gasteiger partial charge in [-0.25, -0.2) is 9.97 Å². The fraction of sp³-hybridized carbons (Fsp3) is 0. The molecule has 3 heteroatoms. The number of nitrogens with zero attached hydrogens (tertiary/aromatic N) is 2. The van der Waals surface area contributed by atoms with Gasteiger partial charge in [-0.15, -0.1) is 0 Å². The average molecular weight is 127 g/mol. The first kappa shape index (κ1) is 5.51. The SMILES string of the molecule is [CH]c1ncc(Cl)cn1. The van der Waals surface area contributed by atoms with Crippen LogP contribution >= 0.6 is 11.6 Å². The smallest absolute Gasteiger partial charge is 0.132 e. The maximum absolute atomic E-state index is 5.43. The van der Waals surface area contributed by atoms with Crippen LogP contribution in [0, 0.1) is 6.92 Å². The topological polar surface area (TPSA) is 25.8 Å². The van der Waals surface area contributed by atoms with Gasteiger partial charge in [-0.3, -0.25) is 0 Å². The van der Waals surface area contributed by atoms with E-state index in [9.17, 15) is 0 Å². The normalized spacial score (nSPS) is 9.25. The summed E-state index contributed by atoms with van der Waals surface area (Å²) in [6.07, 6.45) is 2.90. The molecule has 0 aliphatic rings. The van der Waals surface area contributed by atoms with E-state index in [0.29, 0.717) is 5.02 Å². The van der Waals surface area contributed by atoms with Gasteiger partial charge in [0.15, 0.2) is 0 Å². The van der Waals surface area contributed by atoms with Gasteiger partial charge in [0.05, 0.1) is 5.02 Å². The van der Waals surface area contributed by atoms with E-state index in [1.807, 2.05) is 0 Å². The van der Waals surface area contributed by atoms with E-state index in [1.54, 1.807) is 0 Å². The molecule has 0 aliphatic heterocycles. The standard InChI is InChI=1S/C5H3ClN2/c1-4-7-2-5(6)3-8-4/h1-3H. The lowest BCUT2D eigenvalue weighted by Crippen LogP contribution is -1.82. The van der Waals surface area contributed by atoms with Crippen LogP contribution in [0.15, 0.2) is 12.4 Å². The zero-order valence-corrected chi connectivity index (χ0v) is 4.76. The van der Waals surface area contributed by atoms with Crippen molar-refractivity contribution < 1.29 is 0 Å². The number of aromatic nitrogens is 2. The summed E-state index contributed by atoms with van der Waals surface area (Å²) in [7, 11) is 0. The minimum atomic E-state index is 0.245. The van der Waals surface area contributed by atoms with Crippen molar-refractivity contribution in [3.63, 3.8) is 0 Å². The van der Waals surface area contributed by atoms with Crippen LogP contribution in [0.25, 0.3) is 0 Å². The fourth-order valence-corrected chi connectivity index (χ4v) is 0.420. The number of hydrogen-bond acceptors (Lipinski definition) is 2. The first-order valence-electron chi connectivity index (χ1n) is 2.02. The van der Waals surface area contributed by atoms with Crippen LogP contribution < -0.4 is 0 Å². The van der Waals surface area contributed by atoms with Gasteiger partial charge in [0.1, 0.15) is 5.82 Å². The summed E-state index contributed by atoms with van der Waals surface area (Å²) in [4.78, 5) is 7.23. The third-order valence-corrected chi connectivity index (χ3v) is 0.835. The molecular weight excluding hydrogens is 124 g/mol. The van der Waals surface area contributed by atoms with Gasteiger partial charge < -0.3 is 0 Å². The summed E-state index contributed by atoms with van der Waals surface area (Å²) in [5.41, 5.74) is 0. The van der Waals surface area contributed by atoms with Crippen LogP contribution in [0.2, 0.25) is 5.02 Å². The molecule has 0 spiro atoms. The highest BCUT2D eigenvalue weighted by molar-refractivity contribution is 6.30. The average Bonchev–Trinajstić information content (AvgIpc) is 1.77.